The maximum absolute atomic E-state index is 5.44. The number of hydrogen-bond acceptors (Lipinski definition) is 3. The Kier molecular flexibility index (Phi) is 5.98. The number of nitrogens with one attached hydrogen (secondary N) is 1. The van der Waals surface area contributed by atoms with E-state index in [-0.39, 0.29) is 0 Å². The van der Waals surface area contributed by atoms with Gasteiger partial charge < -0.3 is 10.1 Å². The minimum atomic E-state index is 0.423. The van der Waals surface area contributed by atoms with Gasteiger partial charge in [0.1, 0.15) is 5.75 Å². The van der Waals surface area contributed by atoms with Gasteiger partial charge >= 0.3 is 0 Å². The fraction of sp³-hybridized carbons (Fsp3) is 0.250. The summed E-state index contributed by atoms with van der Waals surface area (Å²) in [6.45, 7) is 10.5. The minimum absolute atomic E-state index is 0.423. The number of methoxy groups -OCH3 is 1. The quantitative estimate of drug-likeness (QED) is 0.673. The average molecular weight is 308 g/mol. The van der Waals surface area contributed by atoms with Crippen molar-refractivity contribution in [1.29, 1.82) is 0 Å². The average Bonchev–Trinajstić information content (AvgIpc) is 2.61. The van der Waals surface area contributed by atoms with E-state index in [0.717, 1.165) is 35.7 Å². The van der Waals surface area contributed by atoms with Crippen LogP contribution >= 0.6 is 0 Å². The Morgan fingerprint density at radius 2 is 2.04 bits per heavy atom. The number of benzene rings is 2. The van der Waals surface area contributed by atoms with Gasteiger partial charge in [-0.2, -0.15) is 0 Å². The first-order valence-electron chi connectivity index (χ1n) is 7.79. The molecular formula is C20H24N2O. The Morgan fingerprint density at radius 1 is 1.26 bits per heavy atom. The molecule has 0 saturated carbocycles. The lowest BCUT2D eigenvalue weighted by Gasteiger charge is -2.16. The Hall–Kier alpha value is -2.55. The SMILES string of the molecule is C=Cc1cc(NCCC(C)c2ccccc2OC)ccc1N=C. The molecule has 3 nitrogen and oxygen atoms in total. The van der Waals surface area contributed by atoms with E-state index in [1.54, 1.807) is 13.2 Å². The molecule has 0 aliphatic carbocycles. The van der Waals surface area contributed by atoms with Crippen molar-refractivity contribution in [2.45, 2.75) is 19.3 Å². The molecular weight excluding hydrogens is 284 g/mol. The van der Waals surface area contributed by atoms with Crippen LogP contribution in [0.4, 0.5) is 11.4 Å². The Labute approximate surface area is 138 Å². The highest BCUT2D eigenvalue weighted by Gasteiger charge is 2.10. The summed E-state index contributed by atoms with van der Waals surface area (Å²) >= 11 is 0. The lowest BCUT2D eigenvalue weighted by molar-refractivity contribution is 0.405. The van der Waals surface area contributed by atoms with Crippen molar-refractivity contribution >= 4 is 24.2 Å². The van der Waals surface area contributed by atoms with Gasteiger partial charge in [0.05, 0.1) is 12.8 Å². The largest absolute Gasteiger partial charge is 0.496 e. The van der Waals surface area contributed by atoms with Crippen LogP contribution in [0.3, 0.4) is 0 Å². The number of rotatable bonds is 8. The Bertz CT molecular complexity index is 679. The van der Waals surface area contributed by atoms with Gasteiger partial charge in [0.15, 0.2) is 0 Å². The lowest BCUT2D eigenvalue weighted by atomic mass is 9.97. The van der Waals surface area contributed by atoms with E-state index in [9.17, 15) is 0 Å². The van der Waals surface area contributed by atoms with Crippen LogP contribution in [0, 0.1) is 0 Å². The van der Waals surface area contributed by atoms with Crippen molar-refractivity contribution in [3.8, 4) is 5.75 Å². The summed E-state index contributed by atoms with van der Waals surface area (Å²) in [5.41, 5.74) is 4.16. The summed E-state index contributed by atoms with van der Waals surface area (Å²) in [4.78, 5) is 3.99. The summed E-state index contributed by atoms with van der Waals surface area (Å²) < 4.78 is 5.44. The van der Waals surface area contributed by atoms with Crippen molar-refractivity contribution in [2.75, 3.05) is 19.0 Å². The van der Waals surface area contributed by atoms with E-state index in [0.29, 0.717) is 5.92 Å². The topological polar surface area (TPSA) is 33.6 Å². The van der Waals surface area contributed by atoms with E-state index >= 15 is 0 Å². The third-order valence-electron chi connectivity index (χ3n) is 3.99. The van der Waals surface area contributed by atoms with E-state index in [1.807, 2.05) is 30.3 Å². The van der Waals surface area contributed by atoms with Crippen LogP contribution in [0.1, 0.15) is 30.4 Å². The summed E-state index contributed by atoms with van der Waals surface area (Å²) in [7, 11) is 1.72. The zero-order valence-corrected chi connectivity index (χ0v) is 13.9. The molecule has 0 amide bonds. The van der Waals surface area contributed by atoms with Gasteiger partial charge in [0, 0.05) is 17.8 Å². The molecule has 0 heterocycles. The summed E-state index contributed by atoms with van der Waals surface area (Å²) in [5.74, 6) is 1.38. The van der Waals surface area contributed by atoms with Gasteiger partial charge in [0.25, 0.3) is 0 Å². The highest BCUT2D eigenvalue weighted by Crippen LogP contribution is 2.29. The van der Waals surface area contributed by atoms with Gasteiger partial charge in [0.2, 0.25) is 0 Å². The van der Waals surface area contributed by atoms with Crippen LogP contribution in [-0.2, 0) is 0 Å². The second kappa shape index (κ2) is 8.18. The molecule has 1 atom stereocenters. The molecule has 1 N–H and O–H groups in total. The molecule has 0 spiro atoms. The van der Waals surface area contributed by atoms with Crippen LogP contribution in [0.25, 0.3) is 6.08 Å². The maximum atomic E-state index is 5.44. The van der Waals surface area contributed by atoms with E-state index in [2.05, 4.69) is 42.7 Å². The second-order valence-electron chi connectivity index (χ2n) is 5.49. The first kappa shape index (κ1) is 16.8. The zero-order chi connectivity index (χ0) is 16.7. The van der Waals surface area contributed by atoms with Crippen LogP contribution in [0.2, 0.25) is 0 Å². The predicted octanol–water partition coefficient (Wildman–Crippen LogP) is 5.28. The molecule has 1 unspecified atom stereocenters. The highest BCUT2D eigenvalue weighted by molar-refractivity contribution is 5.69. The van der Waals surface area contributed by atoms with Crippen LogP contribution in [0.5, 0.6) is 5.75 Å². The predicted molar refractivity (Wildman–Crippen MR) is 100 cm³/mol. The van der Waals surface area contributed by atoms with E-state index in [1.165, 1.54) is 5.56 Å². The second-order valence-corrected chi connectivity index (χ2v) is 5.49. The molecule has 2 aromatic rings. The molecule has 0 aliphatic heterocycles. The lowest BCUT2D eigenvalue weighted by Crippen LogP contribution is -2.07. The molecule has 2 rings (SSSR count). The van der Waals surface area contributed by atoms with Crippen LogP contribution in [0.15, 0.2) is 54.0 Å². The van der Waals surface area contributed by atoms with Gasteiger partial charge in [-0.25, -0.2) is 0 Å². The molecule has 2 aromatic carbocycles. The molecule has 120 valence electrons. The van der Waals surface area contributed by atoms with Crippen LogP contribution in [-0.4, -0.2) is 20.4 Å². The molecule has 0 fully saturated rings. The molecule has 0 aliphatic rings. The monoisotopic (exact) mass is 308 g/mol. The molecule has 3 heteroatoms. The van der Waals surface area contributed by atoms with E-state index < -0.39 is 0 Å². The number of hydrogen-bond donors (Lipinski definition) is 1. The summed E-state index contributed by atoms with van der Waals surface area (Å²) in [6, 6.07) is 14.2. The summed E-state index contributed by atoms with van der Waals surface area (Å²) in [6.07, 6.45) is 2.82. The fourth-order valence-corrected chi connectivity index (χ4v) is 2.63. The number of para-hydroxylation sites is 1. The first-order chi connectivity index (χ1) is 11.2. The van der Waals surface area contributed by atoms with Crippen molar-refractivity contribution in [2.24, 2.45) is 4.99 Å². The van der Waals surface area contributed by atoms with Crippen molar-refractivity contribution in [3.05, 3.63) is 60.2 Å². The third kappa shape index (κ3) is 4.22. The third-order valence-corrected chi connectivity index (χ3v) is 3.99. The number of ether oxygens (including phenoxy) is 1. The van der Waals surface area contributed by atoms with Gasteiger partial charge in [-0.15, -0.1) is 0 Å². The van der Waals surface area contributed by atoms with Gasteiger partial charge in [-0.1, -0.05) is 37.8 Å². The molecule has 0 saturated heterocycles. The highest BCUT2D eigenvalue weighted by atomic mass is 16.5. The standard InChI is InChI=1S/C20H24N2O/c1-5-16-14-17(10-11-19(16)21-3)22-13-12-15(2)18-8-6-7-9-20(18)23-4/h5-11,14-15,22H,1,3,12-13H2,2,4H3. The van der Waals surface area contributed by atoms with Crippen LogP contribution < -0.4 is 10.1 Å². The zero-order valence-electron chi connectivity index (χ0n) is 13.9. The van der Waals surface area contributed by atoms with E-state index in [4.69, 9.17) is 4.74 Å². The van der Waals surface area contributed by atoms with Gasteiger partial charge in [-0.05, 0) is 48.9 Å². The number of aliphatic imine (C=N–C) groups is 1. The normalized spacial score (nSPS) is 11.6. The number of nitrogens with zero attached hydrogens (tertiary/aromatic N) is 1. The Morgan fingerprint density at radius 3 is 2.74 bits per heavy atom. The van der Waals surface area contributed by atoms with Crippen molar-refractivity contribution < 1.29 is 4.74 Å². The molecule has 0 bridgehead atoms. The molecule has 0 aromatic heterocycles. The molecule has 23 heavy (non-hydrogen) atoms. The fourth-order valence-electron chi connectivity index (χ4n) is 2.63. The first-order valence-corrected chi connectivity index (χ1v) is 7.79. The van der Waals surface area contributed by atoms with Crippen molar-refractivity contribution in [3.63, 3.8) is 0 Å². The van der Waals surface area contributed by atoms with Gasteiger partial charge in [-0.3, -0.25) is 4.99 Å². The maximum Gasteiger partial charge on any atom is 0.122 e. The summed E-state index contributed by atoms with van der Waals surface area (Å²) in [5, 5.41) is 3.46. The van der Waals surface area contributed by atoms with Crippen molar-refractivity contribution in [1.82, 2.24) is 0 Å². The Balaban J connectivity index is 1.97. The smallest absolute Gasteiger partial charge is 0.122 e. The molecule has 0 radical (unpaired) electrons. The minimum Gasteiger partial charge on any atom is -0.496 e. The number of anilines is 1.